The van der Waals surface area contributed by atoms with E-state index in [2.05, 4.69) is 27.7 Å². The summed E-state index contributed by atoms with van der Waals surface area (Å²) in [6.45, 7) is 12.0. The first-order valence-corrected chi connectivity index (χ1v) is 12.3. The van der Waals surface area contributed by atoms with Gasteiger partial charge in [0.2, 0.25) is 0 Å². The second-order valence-corrected chi connectivity index (χ2v) is 8.14. The first kappa shape index (κ1) is 27.8. The van der Waals surface area contributed by atoms with E-state index in [9.17, 15) is 0 Å². The van der Waals surface area contributed by atoms with Gasteiger partial charge in [-0.25, -0.2) is 0 Å². The number of rotatable bonds is 18. The Morgan fingerprint density at radius 2 is 1.23 bits per heavy atom. The second kappa shape index (κ2) is 18.3. The lowest BCUT2D eigenvalue weighted by Crippen LogP contribution is -2.49. The van der Waals surface area contributed by atoms with Crippen molar-refractivity contribution in [3.8, 4) is 0 Å². The molecule has 0 amide bonds. The molecule has 0 saturated carbocycles. The molecule has 30 heavy (non-hydrogen) atoms. The van der Waals surface area contributed by atoms with Crippen molar-refractivity contribution < 1.29 is 28.4 Å². The summed E-state index contributed by atoms with van der Waals surface area (Å²) in [5.74, 6) is 0. The van der Waals surface area contributed by atoms with Crippen LogP contribution in [-0.4, -0.2) is 70.9 Å². The molecule has 0 N–H and O–H groups in total. The van der Waals surface area contributed by atoms with Crippen molar-refractivity contribution in [3.63, 3.8) is 0 Å². The summed E-state index contributed by atoms with van der Waals surface area (Å²) in [6.07, 6.45) is 7.99. The maximum absolute atomic E-state index is 6.40. The van der Waals surface area contributed by atoms with E-state index in [1.54, 1.807) is 7.11 Å². The maximum Gasteiger partial charge on any atom is 0.160 e. The van der Waals surface area contributed by atoms with Gasteiger partial charge in [-0.1, -0.05) is 53.4 Å². The standard InChI is InChI=1S/C24H48O6/c1-6-10-14-26-19-21-24(29-17-13-9-4)23(28-16-12-8-3)20(27-15-11-7-2)18-22(25-5)30-21/h20-24H,6-19H2,1-5H3/t20-,21+,22?,23+,24-/m0/s1. The van der Waals surface area contributed by atoms with Crippen LogP contribution < -0.4 is 0 Å². The number of hydrogen-bond donors (Lipinski definition) is 0. The monoisotopic (exact) mass is 432 g/mol. The molecule has 0 bridgehead atoms. The minimum atomic E-state index is -0.353. The van der Waals surface area contributed by atoms with Crippen LogP contribution in [0.15, 0.2) is 0 Å². The summed E-state index contributed by atoms with van der Waals surface area (Å²) in [4.78, 5) is 0. The van der Waals surface area contributed by atoms with Crippen LogP contribution in [0.3, 0.4) is 0 Å². The van der Waals surface area contributed by atoms with Gasteiger partial charge in [0.15, 0.2) is 6.29 Å². The molecular formula is C24H48O6. The van der Waals surface area contributed by atoms with E-state index in [1.807, 2.05) is 0 Å². The molecule has 1 aliphatic heterocycles. The summed E-state index contributed by atoms with van der Waals surface area (Å²) in [6, 6.07) is 0. The molecule has 1 rings (SSSR count). The van der Waals surface area contributed by atoms with Crippen LogP contribution in [-0.2, 0) is 28.4 Å². The Bertz CT molecular complexity index is 381. The van der Waals surface area contributed by atoms with Gasteiger partial charge in [0.25, 0.3) is 0 Å². The first-order chi connectivity index (χ1) is 14.7. The highest BCUT2D eigenvalue weighted by molar-refractivity contribution is 4.90. The number of methoxy groups -OCH3 is 1. The van der Waals surface area contributed by atoms with Gasteiger partial charge in [-0.2, -0.15) is 0 Å². The molecule has 0 aromatic carbocycles. The molecule has 6 heteroatoms. The number of ether oxygens (including phenoxy) is 6. The van der Waals surface area contributed by atoms with Gasteiger partial charge in [-0.05, 0) is 25.7 Å². The van der Waals surface area contributed by atoms with Crippen LogP contribution in [0.2, 0.25) is 0 Å². The predicted molar refractivity (Wildman–Crippen MR) is 120 cm³/mol. The quantitative estimate of drug-likeness (QED) is 0.280. The van der Waals surface area contributed by atoms with Gasteiger partial charge in [0, 0.05) is 40.0 Å². The Balaban J connectivity index is 3.00. The highest BCUT2D eigenvalue weighted by Crippen LogP contribution is 2.28. The van der Waals surface area contributed by atoms with Gasteiger partial charge in [0.1, 0.15) is 18.3 Å². The Hall–Kier alpha value is -0.240. The van der Waals surface area contributed by atoms with Crippen LogP contribution in [0.4, 0.5) is 0 Å². The minimum Gasteiger partial charge on any atom is -0.379 e. The third-order valence-corrected chi connectivity index (χ3v) is 5.44. The SMILES string of the molecule is CCCCOC[C@H]1OC(OC)C[C@H](OCCCC)[C@@H](OCCCC)[C@H]1OCCCC. The van der Waals surface area contributed by atoms with Crippen LogP contribution >= 0.6 is 0 Å². The lowest BCUT2D eigenvalue weighted by atomic mass is 10.0. The normalized spacial score (nSPS) is 27.3. The summed E-state index contributed by atoms with van der Waals surface area (Å²) < 4.78 is 37.0. The molecular weight excluding hydrogens is 384 g/mol. The van der Waals surface area contributed by atoms with E-state index in [-0.39, 0.29) is 30.7 Å². The lowest BCUT2D eigenvalue weighted by molar-refractivity contribution is -0.203. The van der Waals surface area contributed by atoms with Gasteiger partial charge in [-0.3, -0.25) is 0 Å². The molecule has 0 aromatic rings. The molecule has 0 radical (unpaired) electrons. The zero-order chi connectivity index (χ0) is 22.0. The van der Waals surface area contributed by atoms with Gasteiger partial charge < -0.3 is 28.4 Å². The topological polar surface area (TPSA) is 55.4 Å². The highest BCUT2D eigenvalue weighted by Gasteiger charge is 2.43. The summed E-state index contributed by atoms with van der Waals surface area (Å²) >= 11 is 0. The van der Waals surface area contributed by atoms with Crippen molar-refractivity contribution in [2.75, 3.05) is 40.1 Å². The van der Waals surface area contributed by atoms with Crippen molar-refractivity contribution >= 4 is 0 Å². The predicted octanol–water partition coefficient (Wildman–Crippen LogP) is 5.12. The van der Waals surface area contributed by atoms with Crippen LogP contribution in [0.1, 0.15) is 85.5 Å². The molecule has 180 valence electrons. The number of hydrogen-bond acceptors (Lipinski definition) is 6. The number of unbranched alkanes of at least 4 members (excludes halogenated alkanes) is 4. The zero-order valence-corrected chi connectivity index (χ0v) is 20.2. The fraction of sp³-hybridized carbons (Fsp3) is 1.00. The molecule has 0 aromatic heterocycles. The molecule has 5 atom stereocenters. The van der Waals surface area contributed by atoms with Crippen LogP contribution in [0, 0.1) is 0 Å². The average molecular weight is 433 g/mol. The van der Waals surface area contributed by atoms with Gasteiger partial charge in [0.05, 0.1) is 12.7 Å². The molecule has 1 aliphatic rings. The van der Waals surface area contributed by atoms with E-state index in [1.165, 1.54) is 0 Å². The molecule has 1 saturated heterocycles. The Morgan fingerprint density at radius 1 is 0.700 bits per heavy atom. The fourth-order valence-electron chi connectivity index (χ4n) is 3.48. The average Bonchev–Trinajstić information content (AvgIpc) is 2.89. The van der Waals surface area contributed by atoms with E-state index in [0.29, 0.717) is 32.8 Å². The van der Waals surface area contributed by atoms with Crippen molar-refractivity contribution in [2.24, 2.45) is 0 Å². The molecule has 0 spiro atoms. The minimum absolute atomic E-state index is 0.120. The maximum atomic E-state index is 6.40. The smallest absolute Gasteiger partial charge is 0.160 e. The van der Waals surface area contributed by atoms with Crippen molar-refractivity contribution in [1.82, 2.24) is 0 Å². The molecule has 1 unspecified atom stereocenters. The molecule has 0 aliphatic carbocycles. The zero-order valence-electron chi connectivity index (χ0n) is 20.2. The summed E-state index contributed by atoms with van der Waals surface area (Å²) in [5, 5.41) is 0. The Kier molecular flexibility index (Phi) is 17.0. The third-order valence-electron chi connectivity index (χ3n) is 5.44. The van der Waals surface area contributed by atoms with E-state index < -0.39 is 0 Å². The van der Waals surface area contributed by atoms with Gasteiger partial charge in [-0.15, -0.1) is 0 Å². The lowest BCUT2D eigenvalue weighted by Gasteiger charge is -2.34. The largest absolute Gasteiger partial charge is 0.379 e. The van der Waals surface area contributed by atoms with E-state index in [4.69, 9.17) is 28.4 Å². The third kappa shape index (κ3) is 10.9. The molecule has 1 heterocycles. The Labute approximate surface area is 185 Å². The van der Waals surface area contributed by atoms with E-state index >= 15 is 0 Å². The van der Waals surface area contributed by atoms with Crippen molar-refractivity contribution in [2.45, 2.75) is 116 Å². The van der Waals surface area contributed by atoms with E-state index in [0.717, 1.165) is 58.0 Å². The summed E-state index contributed by atoms with van der Waals surface area (Å²) in [5.41, 5.74) is 0. The fourth-order valence-corrected chi connectivity index (χ4v) is 3.48. The Morgan fingerprint density at radius 3 is 1.80 bits per heavy atom. The molecule has 6 nitrogen and oxygen atoms in total. The summed E-state index contributed by atoms with van der Waals surface area (Å²) in [7, 11) is 1.69. The van der Waals surface area contributed by atoms with Crippen LogP contribution in [0.25, 0.3) is 0 Å². The highest BCUT2D eigenvalue weighted by atomic mass is 16.7. The molecule has 1 fully saturated rings. The van der Waals surface area contributed by atoms with Crippen molar-refractivity contribution in [1.29, 1.82) is 0 Å². The van der Waals surface area contributed by atoms with Crippen molar-refractivity contribution in [3.05, 3.63) is 0 Å². The first-order valence-electron chi connectivity index (χ1n) is 12.3. The second-order valence-electron chi connectivity index (χ2n) is 8.14. The van der Waals surface area contributed by atoms with Gasteiger partial charge >= 0.3 is 0 Å². The van der Waals surface area contributed by atoms with Crippen LogP contribution in [0.5, 0.6) is 0 Å².